The summed E-state index contributed by atoms with van der Waals surface area (Å²) in [6.45, 7) is 5.81. The highest BCUT2D eigenvalue weighted by atomic mass is 15.2. The lowest BCUT2D eigenvalue weighted by atomic mass is 9.80. The highest BCUT2D eigenvalue weighted by molar-refractivity contribution is 4.99. The fourth-order valence-electron chi connectivity index (χ4n) is 2.80. The molecule has 3 heteroatoms. The van der Waals surface area contributed by atoms with E-state index >= 15 is 0 Å². The molecule has 0 saturated heterocycles. The number of hydrogen-bond donors (Lipinski definition) is 1. The first-order chi connectivity index (χ1) is 8.15. The van der Waals surface area contributed by atoms with Crippen molar-refractivity contribution in [2.75, 3.05) is 6.54 Å². The van der Waals surface area contributed by atoms with E-state index in [9.17, 15) is 0 Å². The summed E-state index contributed by atoms with van der Waals surface area (Å²) < 4.78 is 1.88. The molecule has 0 spiro atoms. The van der Waals surface area contributed by atoms with Crippen LogP contribution in [0, 0.1) is 11.8 Å². The zero-order valence-electron chi connectivity index (χ0n) is 11.3. The van der Waals surface area contributed by atoms with Gasteiger partial charge in [-0.1, -0.05) is 20.3 Å². The minimum absolute atomic E-state index is 0.711. The number of rotatable bonds is 4. The van der Waals surface area contributed by atoms with Crippen LogP contribution in [-0.4, -0.2) is 22.4 Å². The van der Waals surface area contributed by atoms with Crippen LogP contribution in [0.2, 0.25) is 0 Å². The van der Waals surface area contributed by atoms with Gasteiger partial charge in [0.05, 0.1) is 5.69 Å². The highest BCUT2D eigenvalue weighted by Crippen LogP contribution is 2.28. The molecule has 1 N–H and O–H groups in total. The molecule has 1 aromatic rings. The minimum atomic E-state index is 0.711. The van der Waals surface area contributed by atoms with Crippen molar-refractivity contribution >= 4 is 0 Å². The van der Waals surface area contributed by atoms with Crippen molar-refractivity contribution in [1.82, 2.24) is 15.1 Å². The fourth-order valence-corrected chi connectivity index (χ4v) is 2.80. The Bertz CT molecular complexity index is 345. The summed E-state index contributed by atoms with van der Waals surface area (Å²) in [4.78, 5) is 0. The van der Waals surface area contributed by atoms with E-state index in [1.807, 2.05) is 17.9 Å². The molecule has 1 aromatic heterocycles. The Balaban J connectivity index is 1.74. The minimum Gasteiger partial charge on any atom is -0.313 e. The molecule has 3 unspecified atom stereocenters. The third-order valence-electron chi connectivity index (χ3n) is 4.01. The van der Waals surface area contributed by atoms with Crippen LogP contribution in [0.25, 0.3) is 0 Å². The smallest absolute Gasteiger partial charge is 0.0637 e. The topological polar surface area (TPSA) is 29.9 Å². The molecule has 3 nitrogen and oxygen atoms in total. The van der Waals surface area contributed by atoms with Gasteiger partial charge in [-0.15, -0.1) is 0 Å². The Morgan fingerprint density at radius 3 is 2.94 bits per heavy atom. The van der Waals surface area contributed by atoms with Gasteiger partial charge in [0, 0.05) is 32.3 Å². The molecule has 3 atom stereocenters. The predicted octanol–water partition coefficient (Wildman–Crippen LogP) is 2.38. The van der Waals surface area contributed by atoms with E-state index in [0.717, 1.165) is 24.8 Å². The Morgan fingerprint density at radius 2 is 2.24 bits per heavy atom. The zero-order valence-corrected chi connectivity index (χ0v) is 11.3. The Hall–Kier alpha value is -0.830. The predicted molar refractivity (Wildman–Crippen MR) is 70.9 cm³/mol. The first kappa shape index (κ1) is 12.6. The van der Waals surface area contributed by atoms with Crippen LogP contribution >= 0.6 is 0 Å². The zero-order chi connectivity index (χ0) is 12.3. The van der Waals surface area contributed by atoms with Gasteiger partial charge in [-0.05, 0) is 30.7 Å². The van der Waals surface area contributed by atoms with Crippen LogP contribution in [0.3, 0.4) is 0 Å². The van der Waals surface area contributed by atoms with E-state index in [-0.39, 0.29) is 0 Å². The maximum Gasteiger partial charge on any atom is 0.0637 e. The Kier molecular flexibility index (Phi) is 4.21. The van der Waals surface area contributed by atoms with Crippen molar-refractivity contribution in [2.24, 2.45) is 18.9 Å². The lowest BCUT2D eigenvalue weighted by Gasteiger charge is -2.33. The summed E-state index contributed by atoms with van der Waals surface area (Å²) >= 11 is 0. The van der Waals surface area contributed by atoms with Gasteiger partial charge in [-0.3, -0.25) is 4.68 Å². The number of nitrogens with one attached hydrogen (secondary N) is 1. The van der Waals surface area contributed by atoms with Crippen molar-refractivity contribution in [3.63, 3.8) is 0 Å². The molecule has 0 bridgehead atoms. The lowest BCUT2D eigenvalue weighted by molar-refractivity contribution is 0.229. The van der Waals surface area contributed by atoms with Crippen molar-refractivity contribution in [3.8, 4) is 0 Å². The molecule has 1 fully saturated rings. The van der Waals surface area contributed by atoms with E-state index < -0.39 is 0 Å². The van der Waals surface area contributed by atoms with Gasteiger partial charge < -0.3 is 5.32 Å². The summed E-state index contributed by atoms with van der Waals surface area (Å²) in [5.74, 6) is 1.72. The SMILES string of the molecule is CC1CCC(C)C(NCCc2ccn(C)n2)C1. The summed E-state index contributed by atoms with van der Waals surface area (Å²) in [6.07, 6.45) is 7.17. The maximum atomic E-state index is 4.40. The summed E-state index contributed by atoms with van der Waals surface area (Å²) in [5, 5.41) is 8.11. The summed E-state index contributed by atoms with van der Waals surface area (Å²) in [6, 6.07) is 2.82. The largest absolute Gasteiger partial charge is 0.313 e. The molecule has 2 rings (SSSR count). The third kappa shape index (κ3) is 3.56. The molecular weight excluding hydrogens is 210 g/mol. The molecule has 1 saturated carbocycles. The van der Waals surface area contributed by atoms with Crippen LogP contribution in [0.5, 0.6) is 0 Å². The molecule has 1 aliphatic rings. The maximum absolute atomic E-state index is 4.40. The standard InChI is InChI=1S/C14H25N3/c1-11-4-5-12(2)14(10-11)15-8-6-13-7-9-17(3)16-13/h7,9,11-12,14-15H,4-6,8,10H2,1-3H3. The third-order valence-corrected chi connectivity index (χ3v) is 4.01. The molecule has 0 amide bonds. The van der Waals surface area contributed by atoms with E-state index in [1.165, 1.54) is 25.0 Å². The van der Waals surface area contributed by atoms with Crippen molar-refractivity contribution in [3.05, 3.63) is 18.0 Å². The first-order valence-corrected chi connectivity index (χ1v) is 6.87. The van der Waals surface area contributed by atoms with Crippen LogP contribution in [0.4, 0.5) is 0 Å². The normalized spacial score (nSPS) is 29.5. The fraction of sp³-hybridized carbons (Fsp3) is 0.786. The van der Waals surface area contributed by atoms with Crippen LogP contribution in [-0.2, 0) is 13.5 Å². The first-order valence-electron chi connectivity index (χ1n) is 6.87. The van der Waals surface area contributed by atoms with Gasteiger partial charge in [0.2, 0.25) is 0 Å². The second kappa shape index (κ2) is 5.67. The van der Waals surface area contributed by atoms with E-state index in [1.54, 1.807) is 0 Å². The molecule has 1 heterocycles. The van der Waals surface area contributed by atoms with Gasteiger partial charge in [0.15, 0.2) is 0 Å². The number of nitrogens with zero attached hydrogens (tertiary/aromatic N) is 2. The van der Waals surface area contributed by atoms with Crippen molar-refractivity contribution in [1.29, 1.82) is 0 Å². The summed E-state index contributed by atoms with van der Waals surface area (Å²) in [5.41, 5.74) is 1.19. The van der Waals surface area contributed by atoms with Crippen molar-refractivity contribution in [2.45, 2.75) is 45.6 Å². The molecule has 1 aliphatic carbocycles. The van der Waals surface area contributed by atoms with E-state index in [2.05, 4.69) is 30.3 Å². The highest BCUT2D eigenvalue weighted by Gasteiger charge is 2.24. The van der Waals surface area contributed by atoms with Gasteiger partial charge in [-0.2, -0.15) is 5.10 Å². The Labute approximate surface area is 105 Å². The molecule has 0 radical (unpaired) electrons. The van der Waals surface area contributed by atoms with Crippen LogP contribution in [0.15, 0.2) is 12.3 Å². The van der Waals surface area contributed by atoms with Gasteiger partial charge in [-0.25, -0.2) is 0 Å². The molecule has 96 valence electrons. The number of aromatic nitrogens is 2. The molecular formula is C14H25N3. The van der Waals surface area contributed by atoms with Gasteiger partial charge >= 0.3 is 0 Å². The average Bonchev–Trinajstić information content (AvgIpc) is 2.69. The van der Waals surface area contributed by atoms with Gasteiger partial charge in [0.25, 0.3) is 0 Å². The van der Waals surface area contributed by atoms with Crippen LogP contribution < -0.4 is 5.32 Å². The van der Waals surface area contributed by atoms with Gasteiger partial charge in [0.1, 0.15) is 0 Å². The summed E-state index contributed by atoms with van der Waals surface area (Å²) in [7, 11) is 1.97. The number of aryl methyl sites for hydroxylation is 1. The molecule has 0 aromatic carbocycles. The second-order valence-electron chi connectivity index (χ2n) is 5.69. The average molecular weight is 235 g/mol. The lowest BCUT2D eigenvalue weighted by Crippen LogP contribution is -2.40. The van der Waals surface area contributed by atoms with Crippen molar-refractivity contribution < 1.29 is 0 Å². The Morgan fingerprint density at radius 1 is 1.41 bits per heavy atom. The monoisotopic (exact) mass is 235 g/mol. The quantitative estimate of drug-likeness (QED) is 0.868. The van der Waals surface area contributed by atoms with E-state index in [0.29, 0.717) is 6.04 Å². The number of hydrogen-bond acceptors (Lipinski definition) is 2. The molecule has 17 heavy (non-hydrogen) atoms. The van der Waals surface area contributed by atoms with E-state index in [4.69, 9.17) is 0 Å². The molecule has 0 aliphatic heterocycles. The van der Waals surface area contributed by atoms with Crippen LogP contribution in [0.1, 0.15) is 38.8 Å². The second-order valence-corrected chi connectivity index (χ2v) is 5.69.